The van der Waals surface area contributed by atoms with E-state index in [1.54, 1.807) is 7.05 Å². The monoisotopic (exact) mass is 257 g/mol. The Balaban J connectivity index is 2.09. The molecule has 2 fully saturated rings. The van der Waals surface area contributed by atoms with Crippen LogP contribution in [0.3, 0.4) is 0 Å². The fraction of sp³-hybridized carbons (Fsp3) is 0.500. The number of piperidine rings is 1. The molecule has 3 nitrogen and oxygen atoms in total. The summed E-state index contributed by atoms with van der Waals surface area (Å²) < 4.78 is 0. The molecule has 3 rings (SSSR count). The zero-order valence-corrected chi connectivity index (χ0v) is 11.3. The number of likely N-dealkylation sites (tertiary alicyclic amines) is 1. The third-order valence-electron chi connectivity index (χ3n) is 4.85. The van der Waals surface area contributed by atoms with Crippen LogP contribution in [-0.4, -0.2) is 23.8 Å². The number of carbonyl (C=O) groups is 2. The molecule has 1 aliphatic carbocycles. The van der Waals surface area contributed by atoms with Crippen LogP contribution in [0.5, 0.6) is 0 Å². The van der Waals surface area contributed by atoms with Crippen LogP contribution in [0, 0.1) is 5.92 Å². The molecule has 1 aliphatic heterocycles. The van der Waals surface area contributed by atoms with Crippen molar-refractivity contribution >= 4 is 11.8 Å². The second-order valence-electron chi connectivity index (χ2n) is 5.79. The molecule has 1 saturated carbocycles. The molecule has 2 amide bonds. The lowest BCUT2D eigenvalue weighted by atomic mass is 9.58. The van der Waals surface area contributed by atoms with Crippen molar-refractivity contribution < 1.29 is 9.59 Å². The molecule has 0 radical (unpaired) electrons. The molecule has 0 N–H and O–H groups in total. The largest absolute Gasteiger partial charge is 0.285 e. The normalized spacial score (nSPS) is 31.2. The van der Waals surface area contributed by atoms with Crippen LogP contribution < -0.4 is 0 Å². The number of nitrogens with zero attached hydrogens (tertiary/aromatic N) is 1. The van der Waals surface area contributed by atoms with Gasteiger partial charge in [-0.3, -0.25) is 14.5 Å². The maximum Gasteiger partial charge on any atom is 0.232 e. The standard InChI is InChI=1S/C16H19NO2/c1-17-14(18)11-16(12-7-3-2-4-8-12)10-6-5-9-13(16)15(17)19/h2-4,7-8,13H,5-6,9-11H2,1H3/t13-,16+/m1/s1. The van der Waals surface area contributed by atoms with Crippen LogP contribution in [0.15, 0.2) is 30.3 Å². The molecule has 2 aliphatic rings. The molecule has 19 heavy (non-hydrogen) atoms. The highest BCUT2D eigenvalue weighted by Gasteiger charge is 2.52. The number of fused-ring (bicyclic) bond motifs is 1. The van der Waals surface area contributed by atoms with Crippen molar-refractivity contribution in [3.05, 3.63) is 35.9 Å². The van der Waals surface area contributed by atoms with E-state index >= 15 is 0 Å². The van der Waals surface area contributed by atoms with E-state index in [2.05, 4.69) is 12.1 Å². The topological polar surface area (TPSA) is 37.4 Å². The zero-order valence-electron chi connectivity index (χ0n) is 11.3. The average Bonchev–Trinajstić information content (AvgIpc) is 2.46. The van der Waals surface area contributed by atoms with Crippen LogP contribution in [0.4, 0.5) is 0 Å². The first-order valence-corrected chi connectivity index (χ1v) is 7.01. The number of imide groups is 1. The molecule has 1 aromatic carbocycles. The van der Waals surface area contributed by atoms with Gasteiger partial charge < -0.3 is 0 Å². The van der Waals surface area contributed by atoms with Crippen LogP contribution in [-0.2, 0) is 15.0 Å². The Hall–Kier alpha value is -1.64. The van der Waals surface area contributed by atoms with E-state index in [4.69, 9.17) is 0 Å². The summed E-state index contributed by atoms with van der Waals surface area (Å²) in [5, 5.41) is 0. The minimum absolute atomic E-state index is 0.0137. The van der Waals surface area contributed by atoms with Crippen molar-refractivity contribution in [3.8, 4) is 0 Å². The smallest absolute Gasteiger partial charge is 0.232 e. The zero-order chi connectivity index (χ0) is 13.5. The van der Waals surface area contributed by atoms with Gasteiger partial charge in [0.1, 0.15) is 0 Å². The van der Waals surface area contributed by atoms with Gasteiger partial charge in [-0.15, -0.1) is 0 Å². The number of hydrogen-bond donors (Lipinski definition) is 0. The molecule has 1 heterocycles. The first kappa shape index (κ1) is 12.4. The van der Waals surface area contributed by atoms with Gasteiger partial charge in [-0.1, -0.05) is 43.2 Å². The van der Waals surface area contributed by atoms with Gasteiger partial charge in [0.25, 0.3) is 0 Å². The number of amides is 2. The maximum atomic E-state index is 12.5. The summed E-state index contributed by atoms with van der Waals surface area (Å²) in [4.78, 5) is 25.9. The molecule has 100 valence electrons. The summed E-state index contributed by atoms with van der Waals surface area (Å²) >= 11 is 0. The van der Waals surface area contributed by atoms with Crippen molar-refractivity contribution in [1.29, 1.82) is 0 Å². The predicted molar refractivity (Wildman–Crippen MR) is 72.5 cm³/mol. The summed E-state index contributed by atoms with van der Waals surface area (Å²) in [5.41, 5.74) is 0.912. The maximum absolute atomic E-state index is 12.5. The first-order valence-electron chi connectivity index (χ1n) is 7.01. The van der Waals surface area contributed by atoms with E-state index in [0.717, 1.165) is 31.2 Å². The molecular formula is C16H19NO2. The molecule has 1 saturated heterocycles. The second kappa shape index (κ2) is 4.48. The molecule has 0 spiro atoms. The SMILES string of the molecule is CN1C(=O)C[C@]2(c3ccccc3)CCCC[C@@H]2C1=O. The third kappa shape index (κ3) is 1.79. The Morgan fingerprint density at radius 3 is 2.63 bits per heavy atom. The fourth-order valence-corrected chi connectivity index (χ4v) is 3.77. The van der Waals surface area contributed by atoms with E-state index in [-0.39, 0.29) is 23.1 Å². The number of carbonyl (C=O) groups excluding carboxylic acids is 2. The van der Waals surface area contributed by atoms with Gasteiger partial charge >= 0.3 is 0 Å². The third-order valence-corrected chi connectivity index (χ3v) is 4.85. The minimum atomic E-state index is -0.250. The van der Waals surface area contributed by atoms with Crippen LogP contribution in [0.25, 0.3) is 0 Å². The van der Waals surface area contributed by atoms with Crippen molar-refractivity contribution in [1.82, 2.24) is 4.90 Å². The van der Waals surface area contributed by atoms with Gasteiger partial charge in [-0.25, -0.2) is 0 Å². The first-order chi connectivity index (χ1) is 9.15. The summed E-state index contributed by atoms with van der Waals surface area (Å²) in [6.45, 7) is 0. The summed E-state index contributed by atoms with van der Waals surface area (Å²) in [6.07, 6.45) is 4.53. The van der Waals surface area contributed by atoms with Gasteiger partial charge in [-0.05, 0) is 18.4 Å². The summed E-state index contributed by atoms with van der Waals surface area (Å²) in [5.74, 6) is -0.0434. The lowest BCUT2D eigenvalue weighted by molar-refractivity contribution is -0.155. The quantitative estimate of drug-likeness (QED) is 0.725. The van der Waals surface area contributed by atoms with Gasteiger partial charge in [-0.2, -0.15) is 0 Å². The van der Waals surface area contributed by atoms with Crippen molar-refractivity contribution in [2.75, 3.05) is 7.05 Å². The lowest BCUT2D eigenvalue weighted by Crippen LogP contribution is -2.56. The van der Waals surface area contributed by atoms with Crippen molar-refractivity contribution in [2.24, 2.45) is 5.92 Å². The highest BCUT2D eigenvalue weighted by Crippen LogP contribution is 2.49. The van der Waals surface area contributed by atoms with Crippen molar-refractivity contribution in [2.45, 2.75) is 37.5 Å². The molecule has 3 heteroatoms. The predicted octanol–water partition coefficient (Wildman–Crippen LogP) is 2.50. The van der Waals surface area contributed by atoms with Gasteiger partial charge in [0.2, 0.25) is 11.8 Å². The van der Waals surface area contributed by atoms with Gasteiger partial charge in [0.05, 0.1) is 0 Å². The van der Waals surface area contributed by atoms with Crippen LogP contribution >= 0.6 is 0 Å². The number of benzene rings is 1. The van der Waals surface area contributed by atoms with E-state index in [1.807, 2.05) is 18.2 Å². The van der Waals surface area contributed by atoms with Gasteiger partial charge in [0, 0.05) is 24.8 Å². The van der Waals surface area contributed by atoms with Crippen LogP contribution in [0.2, 0.25) is 0 Å². The molecule has 1 aromatic rings. The Kier molecular flexibility index (Phi) is 2.92. The summed E-state index contributed by atoms with van der Waals surface area (Å²) in [6, 6.07) is 10.1. The molecule has 2 atom stereocenters. The lowest BCUT2D eigenvalue weighted by Gasteiger charge is -2.48. The molecule has 0 aromatic heterocycles. The highest BCUT2D eigenvalue weighted by molar-refractivity contribution is 6.00. The van der Waals surface area contributed by atoms with Crippen LogP contribution in [0.1, 0.15) is 37.7 Å². The van der Waals surface area contributed by atoms with Crippen molar-refractivity contribution in [3.63, 3.8) is 0 Å². The van der Waals surface area contributed by atoms with E-state index in [9.17, 15) is 9.59 Å². The van der Waals surface area contributed by atoms with Gasteiger partial charge in [0.15, 0.2) is 0 Å². The van der Waals surface area contributed by atoms with E-state index in [0.29, 0.717) is 6.42 Å². The minimum Gasteiger partial charge on any atom is -0.285 e. The number of rotatable bonds is 1. The molecule has 0 unspecified atom stereocenters. The Bertz CT molecular complexity index is 511. The molecular weight excluding hydrogens is 238 g/mol. The average molecular weight is 257 g/mol. The Morgan fingerprint density at radius 2 is 1.89 bits per heavy atom. The Labute approximate surface area is 113 Å². The number of hydrogen-bond acceptors (Lipinski definition) is 2. The fourth-order valence-electron chi connectivity index (χ4n) is 3.77. The summed E-state index contributed by atoms with van der Waals surface area (Å²) in [7, 11) is 1.62. The Morgan fingerprint density at radius 1 is 1.16 bits per heavy atom. The van der Waals surface area contributed by atoms with E-state index in [1.165, 1.54) is 4.90 Å². The highest BCUT2D eigenvalue weighted by atomic mass is 16.2. The van der Waals surface area contributed by atoms with E-state index < -0.39 is 0 Å². The molecule has 0 bridgehead atoms. The second-order valence-corrected chi connectivity index (χ2v) is 5.79.